The van der Waals surface area contributed by atoms with Crippen molar-refractivity contribution in [3.8, 4) is 5.69 Å². The highest BCUT2D eigenvalue weighted by Crippen LogP contribution is 2.23. The fourth-order valence-electron chi connectivity index (χ4n) is 1.52. The van der Waals surface area contributed by atoms with Crippen molar-refractivity contribution < 1.29 is 0 Å². The summed E-state index contributed by atoms with van der Waals surface area (Å²) in [5.74, 6) is 0. The van der Waals surface area contributed by atoms with Crippen molar-refractivity contribution in [2.45, 2.75) is 0 Å². The highest BCUT2D eigenvalue weighted by atomic mass is 35.5. The number of hydrogen-bond donors (Lipinski definition) is 2. The Kier molecular flexibility index (Phi) is 3.49. The first-order valence-corrected chi connectivity index (χ1v) is 5.86. The molecule has 0 fully saturated rings. The van der Waals surface area contributed by atoms with E-state index in [1.54, 1.807) is 18.2 Å². The molecule has 2 rings (SSSR count). The Morgan fingerprint density at radius 2 is 2.00 bits per heavy atom. The minimum atomic E-state index is -0.448. The van der Waals surface area contributed by atoms with Crippen LogP contribution in [0.15, 0.2) is 40.1 Å². The number of aromatic nitrogens is 2. The Morgan fingerprint density at radius 1 is 1.28 bits per heavy atom. The van der Waals surface area contributed by atoms with Crippen molar-refractivity contribution >= 4 is 30.1 Å². The molecule has 18 heavy (non-hydrogen) atoms. The van der Waals surface area contributed by atoms with Gasteiger partial charge in [-0.25, -0.2) is 4.79 Å². The Hall–Kier alpha value is -1.66. The summed E-state index contributed by atoms with van der Waals surface area (Å²) in [5.41, 5.74) is 0.409. The lowest BCUT2D eigenvalue weighted by Crippen LogP contribution is -2.36. The molecule has 0 saturated heterocycles. The van der Waals surface area contributed by atoms with E-state index in [9.17, 15) is 9.59 Å². The monoisotopic (exact) mass is 283 g/mol. The maximum Gasteiger partial charge on any atom is 0.335 e. The molecule has 0 spiro atoms. The van der Waals surface area contributed by atoms with Crippen molar-refractivity contribution in [3.63, 3.8) is 0 Å². The quantitative estimate of drug-likeness (QED) is 0.820. The molecule has 0 radical (unpaired) electrons. The van der Waals surface area contributed by atoms with Gasteiger partial charge in [0.05, 0.1) is 10.7 Å². The van der Waals surface area contributed by atoms with Gasteiger partial charge >= 0.3 is 5.69 Å². The second kappa shape index (κ2) is 4.91. The summed E-state index contributed by atoms with van der Waals surface area (Å²) >= 11 is 9.99. The normalized spacial score (nSPS) is 10.4. The van der Waals surface area contributed by atoms with Crippen LogP contribution in [0, 0.1) is 0 Å². The van der Waals surface area contributed by atoms with Crippen LogP contribution in [0.4, 0.5) is 5.69 Å². The van der Waals surface area contributed by atoms with E-state index in [1.165, 1.54) is 23.9 Å². The van der Waals surface area contributed by atoms with Crippen LogP contribution in [0.1, 0.15) is 0 Å². The fourth-order valence-corrected chi connectivity index (χ4v) is 1.94. The number of thiol groups is 1. The molecule has 7 heteroatoms. The van der Waals surface area contributed by atoms with Crippen molar-refractivity contribution in [2.24, 2.45) is 7.05 Å². The largest absolute Gasteiger partial charge is 0.335 e. The molecule has 0 bridgehead atoms. The van der Waals surface area contributed by atoms with E-state index in [0.717, 1.165) is 4.57 Å². The summed E-state index contributed by atoms with van der Waals surface area (Å²) in [5, 5.41) is 0.384. The van der Waals surface area contributed by atoms with Gasteiger partial charge in [0.25, 0.3) is 5.56 Å². The van der Waals surface area contributed by atoms with E-state index in [-0.39, 0.29) is 5.56 Å². The first kappa shape index (κ1) is 12.8. The summed E-state index contributed by atoms with van der Waals surface area (Å²) < 4.78 is 4.98. The summed E-state index contributed by atoms with van der Waals surface area (Å²) in [7, 11) is 1.42. The van der Waals surface area contributed by atoms with Crippen LogP contribution in [-0.4, -0.2) is 9.13 Å². The Labute approximate surface area is 113 Å². The van der Waals surface area contributed by atoms with Gasteiger partial charge in [-0.1, -0.05) is 24.4 Å². The molecule has 0 saturated carbocycles. The number of benzene rings is 1. The molecule has 94 valence electrons. The Balaban J connectivity index is 2.67. The lowest BCUT2D eigenvalue weighted by atomic mass is 10.3. The molecule has 1 N–H and O–H groups in total. The summed E-state index contributed by atoms with van der Waals surface area (Å²) in [6.07, 6.45) is 1.40. The topological polar surface area (TPSA) is 56.0 Å². The maximum absolute atomic E-state index is 11.9. The molecule has 2 aromatic rings. The molecule has 0 amide bonds. The third kappa shape index (κ3) is 2.16. The van der Waals surface area contributed by atoms with Crippen molar-refractivity contribution in [1.82, 2.24) is 9.13 Å². The van der Waals surface area contributed by atoms with Gasteiger partial charge in [-0.2, -0.15) is 0 Å². The predicted octanol–water partition coefficient (Wildman–Crippen LogP) is 1.45. The maximum atomic E-state index is 11.9. The van der Waals surface area contributed by atoms with Crippen LogP contribution in [-0.2, 0) is 7.05 Å². The van der Waals surface area contributed by atoms with E-state index < -0.39 is 5.69 Å². The lowest BCUT2D eigenvalue weighted by molar-refractivity contribution is 0.728. The number of rotatable bonds is 2. The number of nitrogens with one attached hydrogen (secondary N) is 1. The van der Waals surface area contributed by atoms with Gasteiger partial charge in [0, 0.05) is 25.0 Å². The van der Waals surface area contributed by atoms with Gasteiger partial charge in [-0.15, -0.1) is 0 Å². The summed E-state index contributed by atoms with van der Waals surface area (Å²) in [6.45, 7) is 0. The molecule has 0 unspecified atom stereocenters. The van der Waals surface area contributed by atoms with Gasteiger partial charge in [0.1, 0.15) is 0 Å². The average Bonchev–Trinajstić information content (AvgIpc) is 2.37. The smallest absolute Gasteiger partial charge is 0.332 e. The van der Waals surface area contributed by atoms with E-state index in [4.69, 9.17) is 11.6 Å². The molecule has 0 atom stereocenters. The number of hydrogen-bond acceptors (Lipinski definition) is 4. The number of halogens is 1. The van der Waals surface area contributed by atoms with Crippen molar-refractivity contribution in [3.05, 3.63) is 56.3 Å². The van der Waals surface area contributed by atoms with Gasteiger partial charge in [-0.3, -0.25) is 13.9 Å². The van der Waals surface area contributed by atoms with E-state index in [0.29, 0.717) is 16.4 Å². The highest BCUT2D eigenvalue weighted by Gasteiger charge is 2.07. The van der Waals surface area contributed by atoms with E-state index >= 15 is 0 Å². The molecule has 0 aliphatic heterocycles. The zero-order valence-electron chi connectivity index (χ0n) is 9.42. The van der Waals surface area contributed by atoms with Gasteiger partial charge in [-0.05, 0) is 18.2 Å². The fraction of sp³-hybridized carbons (Fsp3) is 0.0909. The van der Waals surface area contributed by atoms with Crippen LogP contribution in [0.5, 0.6) is 0 Å². The Morgan fingerprint density at radius 3 is 2.61 bits per heavy atom. The van der Waals surface area contributed by atoms with Crippen molar-refractivity contribution in [2.75, 3.05) is 4.72 Å². The van der Waals surface area contributed by atoms with Gasteiger partial charge < -0.3 is 4.72 Å². The average molecular weight is 284 g/mol. The van der Waals surface area contributed by atoms with Crippen LogP contribution in [0.3, 0.4) is 0 Å². The first-order chi connectivity index (χ1) is 8.54. The highest BCUT2D eigenvalue weighted by molar-refractivity contribution is 7.81. The molecule has 1 aromatic heterocycles. The molecule has 5 nitrogen and oxygen atoms in total. The molecule has 0 aliphatic carbocycles. The third-order valence-corrected chi connectivity index (χ3v) is 3.09. The van der Waals surface area contributed by atoms with Crippen LogP contribution >= 0.6 is 24.4 Å². The molecule has 0 aliphatic rings. The molecule has 1 aromatic carbocycles. The molecule has 1 heterocycles. The molecular weight excluding hydrogens is 274 g/mol. The van der Waals surface area contributed by atoms with E-state index in [2.05, 4.69) is 17.5 Å². The summed E-state index contributed by atoms with van der Waals surface area (Å²) in [4.78, 5) is 23.2. The zero-order chi connectivity index (χ0) is 13.3. The van der Waals surface area contributed by atoms with E-state index in [1.807, 2.05) is 0 Å². The number of anilines is 1. The Bertz CT molecular complexity index is 708. The number of nitrogens with zero attached hydrogens (tertiary/aromatic N) is 2. The van der Waals surface area contributed by atoms with Crippen molar-refractivity contribution in [1.29, 1.82) is 0 Å². The van der Waals surface area contributed by atoms with Crippen LogP contribution < -0.4 is 16.0 Å². The minimum Gasteiger partial charge on any atom is -0.332 e. The zero-order valence-corrected chi connectivity index (χ0v) is 11.1. The first-order valence-electron chi connectivity index (χ1n) is 5.03. The van der Waals surface area contributed by atoms with Gasteiger partial charge in [0.15, 0.2) is 0 Å². The predicted molar refractivity (Wildman–Crippen MR) is 74.9 cm³/mol. The van der Waals surface area contributed by atoms with Crippen LogP contribution in [0.25, 0.3) is 5.69 Å². The standard InChI is InChI=1S/C11H10ClN3O2S/c1-14-10(16)4-5-15(11(14)17)9-3-2-7(13-18)6-8(9)12/h2-6,13,18H,1H3. The third-order valence-electron chi connectivity index (χ3n) is 2.53. The SMILES string of the molecule is Cn1c(=O)ccn(-c2ccc(NS)cc2Cl)c1=O. The van der Waals surface area contributed by atoms with Gasteiger partial charge in [0.2, 0.25) is 0 Å². The van der Waals surface area contributed by atoms with Crippen LogP contribution in [0.2, 0.25) is 5.02 Å². The minimum absolute atomic E-state index is 0.360. The molecular formula is C11H10ClN3O2S. The lowest BCUT2D eigenvalue weighted by Gasteiger charge is -2.10. The second-order valence-electron chi connectivity index (χ2n) is 3.64. The summed E-state index contributed by atoms with van der Waals surface area (Å²) in [6, 6.07) is 6.35. The second-order valence-corrected chi connectivity index (χ2v) is 4.27.